The summed E-state index contributed by atoms with van der Waals surface area (Å²) in [6.07, 6.45) is 5.73. The topological polar surface area (TPSA) is 70.2 Å². The minimum Gasteiger partial charge on any atom is -0.371 e. The van der Waals surface area contributed by atoms with Crippen molar-refractivity contribution in [1.29, 1.82) is 0 Å². The molecule has 2 saturated heterocycles. The number of amides is 2. The van der Waals surface area contributed by atoms with Gasteiger partial charge in [-0.1, -0.05) is 37.4 Å². The van der Waals surface area contributed by atoms with Gasteiger partial charge >= 0.3 is 0 Å². The summed E-state index contributed by atoms with van der Waals surface area (Å²) in [5.74, 6) is -0.612. The number of carbonyl (C=O) groups is 3. The van der Waals surface area contributed by atoms with Crippen molar-refractivity contribution in [3.8, 4) is 0 Å². The third-order valence-electron chi connectivity index (χ3n) is 10.5. The first kappa shape index (κ1) is 27.5. The van der Waals surface area contributed by atoms with Crippen molar-refractivity contribution in [2.75, 3.05) is 42.5 Å². The fraction of sp³-hybridized carbons (Fsp3) is 0.361. The Hall–Kier alpha value is -4.01. The summed E-state index contributed by atoms with van der Waals surface area (Å²) in [4.78, 5) is 43.5. The molecule has 0 N–H and O–H groups in total. The summed E-state index contributed by atoms with van der Waals surface area (Å²) in [5.41, 5.74) is 7.04. The lowest BCUT2D eigenvalue weighted by molar-refractivity contribution is -0.136. The van der Waals surface area contributed by atoms with Crippen LogP contribution in [0.3, 0.4) is 0 Å². The number of anilines is 2. The molecule has 8 heteroatoms. The molecule has 224 valence electrons. The Morgan fingerprint density at radius 1 is 0.795 bits per heavy atom. The molecule has 0 aromatic heterocycles. The molecule has 5 aliphatic heterocycles. The van der Waals surface area contributed by atoms with Gasteiger partial charge in [-0.2, -0.15) is 0 Å². The number of Topliss-reactive ketones (excluding diaryl/α,β-unsaturated/α-hetero) is 1. The standard InChI is InChI=1S/C36H37N3O4Si/c1-44(2)32-21-26(37-15-4-16-37)9-11-28(32)36(29-12-10-27(22-33(29)44)38-17-5-18-38)30-20-24(7-8-25(30)23-43-36)31(40)6-3-19-39-34(41)13-14-35(39)42/h7-14,20-22H,3-6,15-19,23H2,1-2H3. The predicted molar refractivity (Wildman–Crippen MR) is 174 cm³/mol. The molecule has 3 aromatic rings. The highest BCUT2D eigenvalue weighted by Gasteiger charge is 2.53. The van der Waals surface area contributed by atoms with Gasteiger partial charge < -0.3 is 14.5 Å². The first-order valence-corrected chi connectivity index (χ1v) is 18.9. The second-order valence-electron chi connectivity index (χ2n) is 13.3. The zero-order chi connectivity index (χ0) is 30.2. The first-order chi connectivity index (χ1) is 21.3. The number of ketones is 1. The van der Waals surface area contributed by atoms with Crippen LogP contribution in [0.5, 0.6) is 0 Å². The van der Waals surface area contributed by atoms with Crippen LogP contribution in [0.2, 0.25) is 13.1 Å². The zero-order valence-corrected chi connectivity index (χ0v) is 26.4. The van der Waals surface area contributed by atoms with Crippen molar-refractivity contribution >= 4 is 47.4 Å². The predicted octanol–water partition coefficient (Wildman–Crippen LogP) is 3.95. The molecule has 0 atom stereocenters. The molecule has 5 aliphatic rings. The van der Waals surface area contributed by atoms with Gasteiger partial charge in [0.25, 0.3) is 11.8 Å². The molecule has 3 aromatic carbocycles. The van der Waals surface area contributed by atoms with Crippen molar-refractivity contribution in [3.63, 3.8) is 0 Å². The van der Waals surface area contributed by atoms with Gasteiger partial charge in [0.15, 0.2) is 5.78 Å². The number of benzene rings is 3. The van der Waals surface area contributed by atoms with Gasteiger partial charge in [0.05, 0.1) is 6.61 Å². The van der Waals surface area contributed by atoms with Crippen LogP contribution in [0.1, 0.15) is 58.3 Å². The number of rotatable bonds is 7. The quantitative estimate of drug-likeness (QED) is 0.232. The molecule has 2 amide bonds. The second kappa shape index (κ2) is 10.0. The number of carbonyl (C=O) groups excluding carboxylic acids is 3. The maximum absolute atomic E-state index is 13.5. The van der Waals surface area contributed by atoms with E-state index in [1.807, 2.05) is 12.1 Å². The van der Waals surface area contributed by atoms with E-state index in [-0.39, 0.29) is 30.6 Å². The van der Waals surface area contributed by atoms with Crippen molar-refractivity contribution in [2.24, 2.45) is 0 Å². The van der Waals surface area contributed by atoms with E-state index in [4.69, 9.17) is 4.74 Å². The van der Waals surface area contributed by atoms with Crippen LogP contribution >= 0.6 is 0 Å². The van der Waals surface area contributed by atoms with E-state index in [1.165, 1.54) is 62.8 Å². The van der Waals surface area contributed by atoms with Crippen LogP contribution in [-0.4, -0.2) is 63.3 Å². The van der Waals surface area contributed by atoms with E-state index < -0.39 is 13.7 Å². The lowest BCUT2D eigenvalue weighted by atomic mass is 9.78. The normalized spacial score (nSPS) is 20.4. The number of hydrogen-bond acceptors (Lipinski definition) is 6. The van der Waals surface area contributed by atoms with Gasteiger partial charge in [-0.15, -0.1) is 0 Å². The van der Waals surface area contributed by atoms with E-state index in [0.29, 0.717) is 18.6 Å². The Balaban J connectivity index is 1.21. The van der Waals surface area contributed by atoms with Crippen LogP contribution in [0.25, 0.3) is 0 Å². The minimum absolute atomic E-state index is 0.00845. The third kappa shape index (κ3) is 4.00. The fourth-order valence-electron chi connectivity index (χ4n) is 7.65. The summed E-state index contributed by atoms with van der Waals surface area (Å²) in [7, 11) is -2.12. The Labute approximate surface area is 259 Å². The molecule has 7 nitrogen and oxygen atoms in total. The number of fused-ring (bicyclic) bond motifs is 6. The lowest BCUT2D eigenvalue weighted by Gasteiger charge is -2.46. The molecule has 2 fully saturated rings. The number of imide groups is 1. The smallest absolute Gasteiger partial charge is 0.253 e. The van der Waals surface area contributed by atoms with Gasteiger partial charge in [0.1, 0.15) is 13.7 Å². The van der Waals surface area contributed by atoms with Crippen LogP contribution in [0, 0.1) is 0 Å². The van der Waals surface area contributed by atoms with E-state index in [9.17, 15) is 14.4 Å². The zero-order valence-electron chi connectivity index (χ0n) is 25.4. The van der Waals surface area contributed by atoms with Crippen molar-refractivity contribution in [2.45, 2.75) is 51.0 Å². The molecule has 0 saturated carbocycles. The van der Waals surface area contributed by atoms with Crippen molar-refractivity contribution < 1.29 is 19.1 Å². The van der Waals surface area contributed by atoms with E-state index in [0.717, 1.165) is 37.3 Å². The highest BCUT2D eigenvalue weighted by atomic mass is 28.3. The molecular weight excluding hydrogens is 566 g/mol. The Morgan fingerprint density at radius 2 is 1.39 bits per heavy atom. The second-order valence-corrected chi connectivity index (χ2v) is 17.6. The van der Waals surface area contributed by atoms with E-state index in [2.05, 4.69) is 65.4 Å². The van der Waals surface area contributed by atoms with Gasteiger partial charge in [0, 0.05) is 68.2 Å². The average Bonchev–Trinajstić information content (AvgIpc) is 3.50. The number of ether oxygens (including phenoxy) is 1. The minimum atomic E-state index is -2.12. The van der Waals surface area contributed by atoms with Crippen LogP contribution in [0.15, 0.2) is 66.7 Å². The highest BCUT2D eigenvalue weighted by molar-refractivity contribution is 7.01. The Bertz CT molecular complexity index is 1690. The van der Waals surface area contributed by atoms with Crippen molar-refractivity contribution in [3.05, 3.63) is 94.6 Å². The molecule has 1 spiro atoms. The van der Waals surface area contributed by atoms with Crippen LogP contribution in [0.4, 0.5) is 11.4 Å². The number of nitrogens with zero attached hydrogens (tertiary/aromatic N) is 3. The van der Waals surface area contributed by atoms with Crippen LogP contribution in [-0.2, 0) is 26.5 Å². The molecule has 0 radical (unpaired) electrons. The third-order valence-corrected chi connectivity index (χ3v) is 14.0. The molecule has 0 aliphatic carbocycles. The van der Waals surface area contributed by atoms with E-state index >= 15 is 0 Å². The average molecular weight is 604 g/mol. The monoisotopic (exact) mass is 603 g/mol. The van der Waals surface area contributed by atoms with E-state index in [1.54, 1.807) is 0 Å². The van der Waals surface area contributed by atoms with Gasteiger partial charge in [-0.05, 0) is 82.2 Å². The summed E-state index contributed by atoms with van der Waals surface area (Å²) in [6, 6.07) is 20.0. The first-order valence-electron chi connectivity index (χ1n) is 15.9. The maximum Gasteiger partial charge on any atom is 0.253 e. The molecule has 44 heavy (non-hydrogen) atoms. The summed E-state index contributed by atoms with van der Waals surface area (Å²) in [6.45, 7) is 10.1. The van der Waals surface area contributed by atoms with Gasteiger partial charge in [-0.25, -0.2) is 0 Å². The van der Waals surface area contributed by atoms with Gasteiger partial charge in [-0.3, -0.25) is 19.3 Å². The molecule has 0 bridgehead atoms. The fourth-order valence-corrected chi connectivity index (χ4v) is 10.8. The summed E-state index contributed by atoms with van der Waals surface area (Å²) >= 11 is 0. The molecule has 8 rings (SSSR count). The number of hydrogen-bond donors (Lipinski definition) is 0. The van der Waals surface area contributed by atoms with Crippen molar-refractivity contribution in [1.82, 2.24) is 4.90 Å². The maximum atomic E-state index is 13.5. The summed E-state index contributed by atoms with van der Waals surface area (Å²) in [5, 5.41) is 2.82. The van der Waals surface area contributed by atoms with Gasteiger partial charge in [0.2, 0.25) is 0 Å². The molecule has 0 unspecified atom stereocenters. The Kier molecular flexibility index (Phi) is 6.26. The SMILES string of the molecule is C[Si]1(C)c2cc(N3CCC3)ccc2C2(OCc3ccc(C(=O)CCCN4C(=O)C=CC4=O)cc32)c2ccc(N3CCC3)cc21. The van der Waals surface area contributed by atoms with Crippen LogP contribution < -0.4 is 20.2 Å². The largest absolute Gasteiger partial charge is 0.371 e. The molecular formula is C36H37N3O4Si. The lowest BCUT2D eigenvalue weighted by Crippen LogP contribution is -2.63. The summed E-state index contributed by atoms with van der Waals surface area (Å²) < 4.78 is 6.98. The highest BCUT2D eigenvalue weighted by Crippen LogP contribution is 2.50. The Morgan fingerprint density at radius 3 is 1.93 bits per heavy atom. The molecule has 5 heterocycles.